The molecule has 2 fully saturated rings. The molecule has 100 valence electrons. The zero-order valence-corrected chi connectivity index (χ0v) is 11.8. The van der Waals surface area contributed by atoms with Crippen LogP contribution < -0.4 is 5.32 Å². The van der Waals surface area contributed by atoms with Crippen LogP contribution in [-0.2, 0) is 4.74 Å². The zero-order chi connectivity index (χ0) is 11.9. The molecular formula is C13H26N2OS. The van der Waals surface area contributed by atoms with Crippen LogP contribution >= 0.6 is 11.8 Å². The predicted octanol–water partition coefficient (Wildman–Crippen LogP) is 1.58. The van der Waals surface area contributed by atoms with Gasteiger partial charge < -0.3 is 10.1 Å². The lowest BCUT2D eigenvalue weighted by molar-refractivity contribution is -0.00533. The van der Waals surface area contributed by atoms with Gasteiger partial charge in [-0.1, -0.05) is 6.92 Å². The highest BCUT2D eigenvalue weighted by molar-refractivity contribution is 7.99. The van der Waals surface area contributed by atoms with Crippen molar-refractivity contribution in [2.75, 3.05) is 45.1 Å². The maximum Gasteiger partial charge on any atom is 0.0622 e. The van der Waals surface area contributed by atoms with Crippen molar-refractivity contribution in [2.24, 2.45) is 0 Å². The fraction of sp³-hybridized carbons (Fsp3) is 1.00. The van der Waals surface area contributed by atoms with Gasteiger partial charge in [-0.2, -0.15) is 11.8 Å². The van der Waals surface area contributed by atoms with E-state index in [0.717, 1.165) is 25.0 Å². The van der Waals surface area contributed by atoms with Crippen molar-refractivity contribution in [3.8, 4) is 0 Å². The van der Waals surface area contributed by atoms with Crippen LogP contribution in [0.25, 0.3) is 0 Å². The van der Waals surface area contributed by atoms with E-state index >= 15 is 0 Å². The van der Waals surface area contributed by atoms with Gasteiger partial charge in [-0.3, -0.25) is 4.90 Å². The van der Waals surface area contributed by atoms with Gasteiger partial charge in [0.15, 0.2) is 0 Å². The summed E-state index contributed by atoms with van der Waals surface area (Å²) in [6.45, 7) is 8.94. The molecule has 0 spiro atoms. The van der Waals surface area contributed by atoms with Gasteiger partial charge in [-0.15, -0.1) is 0 Å². The van der Waals surface area contributed by atoms with Crippen molar-refractivity contribution in [2.45, 2.75) is 37.5 Å². The van der Waals surface area contributed by atoms with Gasteiger partial charge >= 0.3 is 0 Å². The Kier molecular flexibility index (Phi) is 6.12. The third-order valence-electron chi connectivity index (χ3n) is 3.84. The summed E-state index contributed by atoms with van der Waals surface area (Å²) in [6, 6.07) is 0.664. The maximum absolute atomic E-state index is 5.54. The van der Waals surface area contributed by atoms with Crippen LogP contribution in [0.15, 0.2) is 0 Å². The van der Waals surface area contributed by atoms with E-state index in [0.29, 0.717) is 6.04 Å². The molecule has 0 aliphatic carbocycles. The van der Waals surface area contributed by atoms with E-state index in [4.69, 9.17) is 4.74 Å². The Morgan fingerprint density at radius 3 is 2.94 bits per heavy atom. The molecule has 1 N–H and O–H groups in total. The summed E-state index contributed by atoms with van der Waals surface area (Å²) in [4.78, 5) is 2.62. The van der Waals surface area contributed by atoms with E-state index in [1.807, 2.05) is 0 Å². The summed E-state index contributed by atoms with van der Waals surface area (Å²) in [5, 5.41) is 4.33. The van der Waals surface area contributed by atoms with Crippen LogP contribution in [0.2, 0.25) is 0 Å². The minimum absolute atomic E-state index is 0.664. The van der Waals surface area contributed by atoms with Crippen molar-refractivity contribution in [3.63, 3.8) is 0 Å². The molecule has 1 unspecified atom stereocenters. The molecule has 17 heavy (non-hydrogen) atoms. The Labute approximate surface area is 110 Å². The summed E-state index contributed by atoms with van der Waals surface area (Å²) in [7, 11) is 0. The SMILES string of the molecule is CCC1COCCN1CCSC1CCNCC1. The lowest BCUT2D eigenvalue weighted by atomic mass is 10.2. The molecule has 0 saturated carbocycles. The lowest BCUT2D eigenvalue weighted by Gasteiger charge is -2.35. The maximum atomic E-state index is 5.54. The first kappa shape index (κ1) is 13.7. The number of ether oxygens (including phenoxy) is 1. The molecule has 0 amide bonds. The van der Waals surface area contributed by atoms with Gasteiger partial charge in [0.25, 0.3) is 0 Å². The second-order valence-electron chi connectivity index (χ2n) is 4.99. The quantitative estimate of drug-likeness (QED) is 0.809. The first-order valence-electron chi connectivity index (χ1n) is 7.04. The highest BCUT2D eigenvalue weighted by Gasteiger charge is 2.21. The highest BCUT2D eigenvalue weighted by atomic mass is 32.2. The third-order valence-corrected chi connectivity index (χ3v) is 5.20. The van der Waals surface area contributed by atoms with Crippen molar-refractivity contribution < 1.29 is 4.74 Å². The van der Waals surface area contributed by atoms with Crippen LogP contribution in [0.1, 0.15) is 26.2 Å². The van der Waals surface area contributed by atoms with E-state index in [2.05, 4.69) is 28.9 Å². The number of thioether (sulfide) groups is 1. The summed E-state index contributed by atoms with van der Waals surface area (Å²) in [5.74, 6) is 1.29. The normalized spacial score (nSPS) is 28.4. The van der Waals surface area contributed by atoms with Crippen LogP contribution in [0.4, 0.5) is 0 Å². The summed E-state index contributed by atoms with van der Waals surface area (Å²) in [5.41, 5.74) is 0. The van der Waals surface area contributed by atoms with Crippen molar-refractivity contribution in [1.29, 1.82) is 0 Å². The molecule has 4 heteroatoms. The van der Waals surface area contributed by atoms with Crippen molar-refractivity contribution in [3.05, 3.63) is 0 Å². The van der Waals surface area contributed by atoms with Gasteiger partial charge in [0, 0.05) is 30.1 Å². The molecule has 0 bridgehead atoms. The minimum atomic E-state index is 0.664. The molecule has 3 nitrogen and oxygen atoms in total. The monoisotopic (exact) mass is 258 g/mol. The molecule has 0 aromatic heterocycles. The van der Waals surface area contributed by atoms with Crippen molar-refractivity contribution >= 4 is 11.8 Å². The van der Waals surface area contributed by atoms with Gasteiger partial charge in [-0.05, 0) is 32.4 Å². The van der Waals surface area contributed by atoms with Crippen LogP contribution in [0, 0.1) is 0 Å². The smallest absolute Gasteiger partial charge is 0.0622 e. The fourth-order valence-electron chi connectivity index (χ4n) is 2.66. The van der Waals surface area contributed by atoms with Crippen LogP contribution in [0.5, 0.6) is 0 Å². The molecule has 2 heterocycles. The number of nitrogens with zero attached hydrogens (tertiary/aromatic N) is 1. The third kappa shape index (κ3) is 4.43. The second kappa shape index (κ2) is 7.62. The molecule has 2 saturated heterocycles. The Hall–Kier alpha value is 0.230. The standard InChI is InChI=1S/C13H26N2OS/c1-2-12-11-16-9-7-15(12)8-10-17-13-3-5-14-6-4-13/h12-14H,2-11H2,1H3. The van der Waals surface area contributed by atoms with E-state index in [1.165, 1.54) is 44.6 Å². The number of hydrogen-bond donors (Lipinski definition) is 1. The Morgan fingerprint density at radius 1 is 1.35 bits per heavy atom. The Morgan fingerprint density at radius 2 is 2.18 bits per heavy atom. The Balaban J connectivity index is 1.62. The molecule has 0 aromatic carbocycles. The van der Waals surface area contributed by atoms with E-state index < -0.39 is 0 Å². The molecule has 0 radical (unpaired) electrons. The predicted molar refractivity (Wildman–Crippen MR) is 74.8 cm³/mol. The number of rotatable bonds is 5. The summed E-state index contributed by atoms with van der Waals surface area (Å²) < 4.78 is 5.54. The number of hydrogen-bond acceptors (Lipinski definition) is 4. The average Bonchev–Trinajstić information content (AvgIpc) is 2.40. The molecule has 2 aliphatic rings. The van der Waals surface area contributed by atoms with Crippen LogP contribution in [0.3, 0.4) is 0 Å². The van der Waals surface area contributed by atoms with Gasteiger partial charge in [0.2, 0.25) is 0 Å². The van der Waals surface area contributed by atoms with E-state index in [-0.39, 0.29) is 0 Å². The van der Waals surface area contributed by atoms with Gasteiger partial charge in [0.05, 0.1) is 13.2 Å². The van der Waals surface area contributed by atoms with E-state index in [1.54, 1.807) is 0 Å². The zero-order valence-electron chi connectivity index (χ0n) is 11.0. The fourth-order valence-corrected chi connectivity index (χ4v) is 3.90. The van der Waals surface area contributed by atoms with Crippen molar-refractivity contribution in [1.82, 2.24) is 10.2 Å². The molecule has 2 rings (SSSR count). The largest absolute Gasteiger partial charge is 0.378 e. The second-order valence-corrected chi connectivity index (χ2v) is 6.40. The average molecular weight is 258 g/mol. The molecule has 2 aliphatic heterocycles. The summed E-state index contributed by atoms with van der Waals surface area (Å²) >= 11 is 2.18. The van der Waals surface area contributed by atoms with Gasteiger partial charge in [-0.25, -0.2) is 0 Å². The number of piperidine rings is 1. The molecule has 1 atom stereocenters. The molecule has 0 aromatic rings. The Bertz CT molecular complexity index is 210. The summed E-state index contributed by atoms with van der Waals surface area (Å²) in [6.07, 6.45) is 3.92. The highest BCUT2D eigenvalue weighted by Crippen LogP contribution is 2.21. The first-order valence-corrected chi connectivity index (χ1v) is 8.09. The lowest BCUT2D eigenvalue weighted by Crippen LogP contribution is -2.46. The van der Waals surface area contributed by atoms with Crippen LogP contribution in [-0.4, -0.2) is 61.3 Å². The van der Waals surface area contributed by atoms with E-state index in [9.17, 15) is 0 Å². The number of nitrogens with one attached hydrogen (secondary N) is 1. The first-order chi connectivity index (χ1) is 8.40. The molecular weight excluding hydrogens is 232 g/mol. The van der Waals surface area contributed by atoms with Gasteiger partial charge in [0.1, 0.15) is 0 Å². The number of morpholine rings is 1. The minimum Gasteiger partial charge on any atom is -0.378 e. The topological polar surface area (TPSA) is 24.5 Å².